The summed E-state index contributed by atoms with van der Waals surface area (Å²) >= 11 is 1.12. The smallest absolute Gasteiger partial charge is 0.241 e. The number of aryl methyl sites for hydroxylation is 2. The zero-order valence-electron chi connectivity index (χ0n) is 9.17. The van der Waals surface area contributed by atoms with Gasteiger partial charge >= 0.3 is 0 Å². The van der Waals surface area contributed by atoms with Crippen molar-refractivity contribution in [2.24, 2.45) is 0 Å². The maximum absolute atomic E-state index is 12.1. The molecule has 0 fully saturated rings. The topological polar surface area (TPSA) is 60.7 Å². The Morgan fingerprint density at radius 1 is 1.56 bits per heavy atom. The van der Waals surface area contributed by atoms with Gasteiger partial charge in [-0.1, -0.05) is 11.4 Å². The largest absolute Gasteiger partial charge is 0.328 e. The highest BCUT2D eigenvalue weighted by molar-refractivity contribution is 7.08. The molecule has 0 atom stereocenters. The first-order chi connectivity index (χ1) is 7.74. The lowest BCUT2D eigenvalue weighted by Gasteiger charge is -2.03. The number of carbonyl (C=O) groups is 1. The number of hydrogen-bond acceptors (Lipinski definition) is 5. The molecule has 6 heteroatoms. The molecular formula is C10H12N4OS. The van der Waals surface area contributed by atoms with Crippen LogP contribution in [0.3, 0.4) is 0 Å². The van der Waals surface area contributed by atoms with E-state index >= 15 is 0 Å². The van der Waals surface area contributed by atoms with Crippen LogP contribution in [0.2, 0.25) is 0 Å². The van der Waals surface area contributed by atoms with Gasteiger partial charge in [-0.25, -0.2) is 4.98 Å². The predicted octanol–water partition coefficient (Wildman–Crippen LogP) is 1.68. The number of imidazole rings is 1. The van der Waals surface area contributed by atoms with E-state index in [1.807, 2.05) is 10.8 Å². The third kappa shape index (κ3) is 1.88. The third-order valence-corrected chi connectivity index (χ3v) is 3.07. The molecular weight excluding hydrogens is 224 g/mol. The van der Waals surface area contributed by atoms with Gasteiger partial charge in [0.25, 0.3) is 0 Å². The van der Waals surface area contributed by atoms with Crippen molar-refractivity contribution in [2.75, 3.05) is 0 Å². The predicted molar refractivity (Wildman–Crippen MR) is 60.6 cm³/mol. The molecule has 0 radical (unpaired) electrons. The van der Waals surface area contributed by atoms with Crippen LogP contribution in [-0.4, -0.2) is 24.9 Å². The van der Waals surface area contributed by atoms with Gasteiger partial charge in [0.15, 0.2) is 5.82 Å². The van der Waals surface area contributed by atoms with Crippen molar-refractivity contribution in [1.29, 1.82) is 0 Å². The van der Waals surface area contributed by atoms with E-state index in [0.29, 0.717) is 16.4 Å². The van der Waals surface area contributed by atoms with Crippen molar-refractivity contribution in [1.82, 2.24) is 19.1 Å². The van der Waals surface area contributed by atoms with Crippen LogP contribution >= 0.6 is 11.5 Å². The summed E-state index contributed by atoms with van der Waals surface area (Å²) in [5, 5.41) is 3.83. The molecule has 0 saturated heterocycles. The molecule has 16 heavy (non-hydrogen) atoms. The Morgan fingerprint density at radius 2 is 2.38 bits per heavy atom. The van der Waals surface area contributed by atoms with E-state index in [2.05, 4.69) is 21.5 Å². The highest BCUT2D eigenvalue weighted by atomic mass is 32.1. The molecule has 0 N–H and O–H groups in total. The van der Waals surface area contributed by atoms with E-state index in [1.54, 1.807) is 13.1 Å². The Labute approximate surface area is 97.3 Å². The fourth-order valence-corrected chi connectivity index (χ4v) is 2.07. The van der Waals surface area contributed by atoms with Crippen LogP contribution in [0.1, 0.15) is 34.5 Å². The minimum absolute atomic E-state index is 0.0917. The molecule has 0 amide bonds. The molecule has 2 rings (SSSR count). The highest BCUT2D eigenvalue weighted by Crippen LogP contribution is 2.14. The fourth-order valence-electron chi connectivity index (χ4n) is 1.48. The van der Waals surface area contributed by atoms with Gasteiger partial charge in [-0.15, -0.1) is 5.10 Å². The zero-order chi connectivity index (χ0) is 11.5. The maximum atomic E-state index is 12.1. The van der Waals surface area contributed by atoms with Crippen molar-refractivity contribution >= 4 is 17.3 Å². The van der Waals surface area contributed by atoms with Crippen molar-refractivity contribution in [3.8, 4) is 0 Å². The van der Waals surface area contributed by atoms with Crippen molar-refractivity contribution in [2.45, 2.75) is 26.8 Å². The zero-order valence-corrected chi connectivity index (χ0v) is 9.99. The fraction of sp³-hybridized carbons (Fsp3) is 0.400. The number of hydrogen-bond donors (Lipinski definition) is 0. The van der Waals surface area contributed by atoms with Gasteiger partial charge in [0.2, 0.25) is 5.78 Å². The van der Waals surface area contributed by atoms with E-state index in [0.717, 1.165) is 24.5 Å². The lowest BCUT2D eigenvalue weighted by Crippen LogP contribution is -2.11. The van der Waals surface area contributed by atoms with Gasteiger partial charge < -0.3 is 4.57 Å². The van der Waals surface area contributed by atoms with Crippen LogP contribution in [0.15, 0.2) is 12.4 Å². The number of nitrogens with zero attached hydrogens (tertiary/aromatic N) is 4. The molecule has 0 spiro atoms. The van der Waals surface area contributed by atoms with Gasteiger partial charge in [0, 0.05) is 18.9 Å². The second-order valence-corrected chi connectivity index (χ2v) is 4.21. The summed E-state index contributed by atoms with van der Waals surface area (Å²) in [4.78, 5) is 16.8. The lowest BCUT2D eigenvalue weighted by molar-refractivity contribution is 0.102. The quantitative estimate of drug-likeness (QED) is 0.758. The van der Waals surface area contributed by atoms with E-state index in [-0.39, 0.29) is 5.78 Å². The summed E-state index contributed by atoms with van der Waals surface area (Å²) in [5.41, 5.74) is 0.668. The Balaban J connectivity index is 2.34. The monoisotopic (exact) mass is 236 g/mol. The third-order valence-electron chi connectivity index (χ3n) is 2.24. The molecule has 2 aromatic rings. The Hall–Kier alpha value is -1.56. The van der Waals surface area contributed by atoms with E-state index in [9.17, 15) is 4.79 Å². The van der Waals surface area contributed by atoms with E-state index < -0.39 is 0 Å². The first kappa shape index (κ1) is 10.9. The first-order valence-corrected chi connectivity index (χ1v) is 5.86. The number of carbonyl (C=O) groups excluding carboxylic acids is 1. The summed E-state index contributed by atoms with van der Waals surface area (Å²) in [5.74, 6) is 0.377. The molecule has 0 aliphatic heterocycles. The molecule has 2 aromatic heterocycles. The normalized spacial score (nSPS) is 10.6. The standard InChI is InChI=1S/C10H12N4OS/c1-3-5-14-6-4-11-10(14)8(15)9-7(2)12-13-16-9/h4,6H,3,5H2,1-2H3. The second kappa shape index (κ2) is 4.52. The molecule has 5 nitrogen and oxygen atoms in total. The van der Waals surface area contributed by atoms with E-state index in [1.165, 1.54) is 0 Å². The van der Waals surface area contributed by atoms with E-state index in [4.69, 9.17) is 0 Å². The van der Waals surface area contributed by atoms with Crippen LogP contribution in [0, 0.1) is 6.92 Å². The molecule has 84 valence electrons. The minimum atomic E-state index is -0.0917. The van der Waals surface area contributed by atoms with Crippen LogP contribution in [0.5, 0.6) is 0 Å². The molecule has 2 heterocycles. The van der Waals surface area contributed by atoms with Crippen molar-refractivity contribution in [3.05, 3.63) is 28.8 Å². The molecule has 0 aliphatic rings. The summed E-state index contributed by atoms with van der Waals surface area (Å²) in [6, 6.07) is 0. The summed E-state index contributed by atoms with van der Waals surface area (Å²) < 4.78 is 5.62. The molecule has 0 aliphatic carbocycles. The van der Waals surface area contributed by atoms with Crippen LogP contribution in [0.25, 0.3) is 0 Å². The van der Waals surface area contributed by atoms with Crippen molar-refractivity contribution < 1.29 is 4.79 Å². The summed E-state index contributed by atoms with van der Waals surface area (Å²) in [6.07, 6.45) is 4.43. The highest BCUT2D eigenvalue weighted by Gasteiger charge is 2.19. The Morgan fingerprint density at radius 3 is 3.00 bits per heavy atom. The molecule has 0 unspecified atom stereocenters. The second-order valence-electron chi connectivity index (χ2n) is 3.46. The van der Waals surface area contributed by atoms with Crippen LogP contribution < -0.4 is 0 Å². The summed E-state index contributed by atoms with van der Waals surface area (Å²) in [6.45, 7) is 4.64. The number of rotatable bonds is 4. The minimum Gasteiger partial charge on any atom is -0.328 e. The van der Waals surface area contributed by atoms with Crippen molar-refractivity contribution in [3.63, 3.8) is 0 Å². The molecule has 0 saturated carbocycles. The lowest BCUT2D eigenvalue weighted by atomic mass is 10.2. The Kier molecular flexibility index (Phi) is 3.09. The summed E-state index contributed by atoms with van der Waals surface area (Å²) in [7, 11) is 0. The van der Waals surface area contributed by atoms with Gasteiger partial charge in [0.1, 0.15) is 4.88 Å². The molecule has 0 bridgehead atoms. The van der Waals surface area contributed by atoms with Gasteiger partial charge in [-0.05, 0) is 24.9 Å². The van der Waals surface area contributed by atoms with Gasteiger partial charge in [0.05, 0.1) is 5.69 Å². The first-order valence-electron chi connectivity index (χ1n) is 5.08. The Bertz CT molecular complexity index is 502. The van der Waals surface area contributed by atoms with Crippen LogP contribution in [0.4, 0.5) is 0 Å². The van der Waals surface area contributed by atoms with Gasteiger partial charge in [-0.3, -0.25) is 4.79 Å². The van der Waals surface area contributed by atoms with Crippen LogP contribution in [-0.2, 0) is 6.54 Å². The molecule has 0 aromatic carbocycles. The average Bonchev–Trinajstić information content (AvgIpc) is 2.87. The SMILES string of the molecule is CCCn1ccnc1C(=O)c1snnc1C. The van der Waals surface area contributed by atoms with Gasteiger partial charge in [-0.2, -0.15) is 0 Å². The number of ketones is 1. The maximum Gasteiger partial charge on any atom is 0.241 e. The number of aromatic nitrogens is 4. The average molecular weight is 236 g/mol.